The zero-order valence-corrected chi connectivity index (χ0v) is 11.7. The molecule has 0 spiro atoms. The third-order valence-corrected chi connectivity index (χ3v) is 2.29. The first kappa shape index (κ1) is 15.5. The normalized spacial score (nSPS) is 10.5. The van der Waals surface area contributed by atoms with Gasteiger partial charge in [-0.05, 0) is 24.6 Å². The summed E-state index contributed by atoms with van der Waals surface area (Å²) >= 11 is 11.5. The smallest absolute Gasteiger partial charge is 0.336 e. The van der Waals surface area contributed by atoms with Crippen LogP contribution < -0.4 is 4.74 Å². The Morgan fingerprint density at radius 2 is 1.68 bits per heavy atom. The average molecular weight is 303 g/mol. The van der Waals surface area contributed by atoms with Crippen LogP contribution in [0, 0.1) is 0 Å². The van der Waals surface area contributed by atoms with Crippen molar-refractivity contribution in [2.75, 3.05) is 6.61 Å². The fourth-order valence-electron chi connectivity index (χ4n) is 1.12. The van der Waals surface area contributed by atoms with Crippen molar-refractivity contribution in [2.24, 2.45) is 0 Å². The van der Waals surface area contributed by atoms with E-state index in [4.69, 9.17) is 32.7 Å². The number of ether oxygens (including phenoxy) is 2. The molecule has 0 aliphatic carbocycles. The molecule has 0 unspecified atom stereocenters. The van der Waals surface area contributed by atoms with Gasteiger partial charge in [-0.3, -0.25) is 0 Å². The molecule has 19 heavy (non-hydrogen) atoms. The summed E-state index contributed by atoms with van der Waals surface area (Å²) in [6, 6.07) is 4.39. The van der Waals surface area contributed by atoms with E-state index in [-0.39, 0.29) is 5.75 Å². The van der Waals surface area contributed by atoms with E-state index in [0.29, 0.717) is 23.1 Å². The summed E-state index contributed by atoms with van der Waals surface area (Å²) in [4.78, 5) is 22.5. The molecular formula is C13H12Cl2O4. The Balaban J connectivity index is 2.55. The fourth-order valence-corrected chi connectivity index (χ4v) is 1.63. The van der Waals surface area contributed by atoms with Gasteiger partial charge in [0.1, 0.15) is 5.75 Å². The second-order valence-corrected chi connectivity index (χ2v) is 4.40. The van der Waals surface area contributed by atoms with Crippen LogP contribution in [-0.4, -0.2) is 18.5 Å². The maximum absolute atomic E-state index is 11.4. The summed E-state index contributed by atoms with van der Waals surface area (Å²) in [7, 11) is 0. The highest BCUT2D eigenvalue weighted by Crippen LogP contribution is 2.24. The molecule has 102 valence electrons. The number of carbonyl (C=O) groups is 2. The van der Waals surface area contributed by atoms with Gasteiger partial charge in [-0.1, -0.05) is 30.1 Å². The van der Waals surface area contributed by atoms with Crippen molar-refractivity contribution in [1.82, 2.24) is 0 Å². The lowest BCUT2D eigenvalue weighted by atomic mass is 10.3. The fraction of sp³-hybridized carbons (Fsp3) is 0.231. The number of rotatable bonds is 5. The highest BCUT2D eigenvalue weighted by atomic mass is 35.5. The topological polar surface area (TPSA) is 52.6 Å². The van der Waals surface area contributed by atoms with Crippen molar-refractivity contribution >= 4 is 35.1 Å². The van der Waals surface area contributed by atoms with E-state index in [1.54, 1.807) is 0 Å². The lowest BCUT2D eigenvalue weighted by Crippen LogP contribution is -2.07. The largest absolute Gasteiger partial charge is 0.463 e. The molecule has 1 rings (SSSR count). The van der Waals surface area contributed by atoms with Crippen LogP contribution in [0.15, 0.2) is 30.4 Å². The maximum atomic E-state index is 11.4. The van der Waals surface area contributed by atoms with Gasteiger partial charge in [0.15, 0.2) is 0 Å². The van der Waals surface area contributed by atoms with Gasteiger partial charge < -0.3 is 9.47 Å². The molecule has 0 radical (unpaired) electrons. The molecular weight excluding hydrogens is 291 g/mol. The predicted octanol–water partition coefficient (Wildman–Crippen LogP) is 3.41. The van der Waals surface area contributed by atoms with Gasteiger partial charge in [-0.15, -0.1) is 0 Å². The number of halogens is 2. The van der Waals surface area contributed by atoms with Gasteiger partial charge in [0, 0.05) is 22.2 Å². The van der Waals surface area contributed by atoms with Crippen LogP contribution in [0.4, 0.5) is 0 Å². The van der Waals surface area contributed by atoms with E-state index in [0.717, 1.165) is 12.2 Å². The molecule has 1 aromatic carbocycles. The first-order valence-electron chi connectivity index (χ1n) is 5.54. The second-order valence-electron chi connectivity index (χ2n) is 3.53. The summed E-state index contributed by atoms with van der Waals surface area (Å²) in [5.74, 6) is -1.11. The zero-order chi connectivity index (χ0) is 14.3. The summed E-state index contributed by atoms with van der Waals surface area (Å²) in [6.07, 6.45) is 2.70. The number of hydrogen-bond acceptors (Lipinski definition) is 4. The molecule has 0 fully saturated rings. The van der Waals surface area contributed by atoms with Gasteiger partial charge in [0.25, 0.3) is 0 Å². The van der Waals surface area contributed by atoms with Gasteiger partial charge in [0.05, 0.1) is 6.61 Å². The molecule has 0 heterocycles. The van der Waals surface area contributed by atoms with Crippen LogP contribution in [0.25, 0.3) is 0 Å². The highest BCUT2D eigenvalue weighted by molar-refractivity contribution is 6.34. The number of esters is 2. The van der Waals surface area contributed by atoms with Crippen LogP contribution in [0.3, 0.4) is 0 Å². The predicted molar refractivity (Wildman–Crippen MR) is 72.5 cm³/mol. The Morgan fingerprint density at radius 3 is 2.26 bits per heavy atom. The minimum absolute atomic E-state index is 0.203. The Labute approximate surface area is 120 Å². The van der Waals surface area contributed by atoms with E-state index in [1.165, 1.54) is 18.2 Å². The molecule has 0 saturated heterocycles. The quantitative estimate of drug-likeness (QED) is 0.475. The Morgan fingerprint density at radius 1 is 1.11 bits per heavy atom. The number of hydrogen-bond donors (Lipinski definition) is 0. The molecule has 0 saturated carbocycles. The molecule has 0 aromatic heterocycles. The number of carbonyl (C=O) groups excluding carboxylic acids is 2. The average Bonchev–Trinajstić information content (AvgIpc) is 2.32. The van der Waals surface area contributed by atoms with E-state index in [9.17, 15) is 9.59 Å². The van der Waals surface area contributed by atoms with Crippen LogP contribution >= 0.6 is 23.2 Å². The molecule has 0 aliphatic rings. The zero-order valence-electron chi connectivity index (χ0n) is 10.2. The van der Waals surface area contributed by atoms with Crippen molar-refractivity contribution in [1.29, 1.82) is 0 Å². The van der Waals surface area contributed by atoms with Crippen LogP contribution in [0.5, 0.6) is 5.75 Å². The summed E-state index contributed by atoms with van der Waals surface area (Å²) < 4.78 is 9.68. The van der Waals surface area contributed by atoms with E-state index < -0.39 is 11.9 Å². The van der Waals surface area contributed by atoms with Gasteiger partial charge in [0.2, 0.25) is 0 Å². The lowest BCUT2D eigenvalue weighted by molar-refractivity contribution is -0.138. The van der Waals surface area contributed by atoms with Gasteiger partial charge >= 0.3 is 11.9 Å². The van der Waals surface area contributed by atoms with E-state index >= 15 is 0 Å². The first-order chi connectivity index (χ1) is 9.01. The standard InChI is InChI=1S/C13H12Cl2O4/c1-2-5-18-12(16)3-4-13(17)19-11-7-9(14)6-10(15)8-11/h3-4,6-8H,2,5H2,1H3/b4-3+. The van der Waals surface area contributed by atoms with Crippen LogP contribution in [0.1, 0.15) is 13.3 Å². The van der Waals surface area contributed by atoms with E-state index in [1.807, 2.05) is 6.92 Å². The van der Waals surface area contributed by atoms with Gasteiger partial charge in [-0.2, -0.15) is 0 Å². The second kappa shape index (κ2) is 7.81. The highest BCUT2D eigenvalue weighted by Gasteiger charge is 2.04. The molecule has 0 amide bonds. The Bertz CT molecular complexity index is 477. The molecule has 0 atom stereocenters. The summed E-state index contributed by atoms with van der Waals surface area (Å²) in [6.45, 7) is 2.18. The monoisotopic (exact) mass is 302 g/mol. The summed E-state index contributed by atoms with van der Waals surface area (Å²) in [5.41, 5.74) is 0. The summed E-state index contributed by atoms with van der Waals surface area (Å²) in [5, 5.41) is 0.697. The molecule has 0 bridgehead atoms. The van der Waals surface area contributed by atoms with Crippen molar-refractivity contribution in [3.63, 3.8) is 0 Å². The SMILES string of the molecule is CCCOC(=O)/C=C/C(=O)Oc1cc(Cl)cc(Cl)c1. The molecule has 4 nitrogen and oxygen atoms in total. The lowest BCUT2D eigenvalue weighted by Gasteiger charge is -2.02. The van der Waals surface area contributed by atoms with Gasteiger partial charge in [-0.25, -0.2) is 9.59 Å². The van der Waals surface area contributed by atoms with Crippen molar-refractivity contribution in [3.05, 3.63) is 40.4 Å². The van der Waals surface area contributed by atoms with E-state index in [2.05, 4.69) is 0 Å². The first-order valence-corrected chi connectivity index (χ1v) is 6.29. The van der Waals surface area contributed by atoms with Crippen molar-refractivity contribution in [2.45, 2.75) is 13.3 Å². The van der Waals surface area contributed by atoms with Crippen LogP contribution in [0.2, 0.25) is 10.0 Å². The maximum Gasteiger partial charge on any atom is 0.336 e. The van der Waals surface area contributed by atoms with Crippen molar-refractivity contribution in [3.8, 4) is 5.75 Å². The Kier molecular flexibility index (Phi) is 6.39. The van der Waals surface area contributed by atoms with Crippen molar-refractivity contribution < 1.29 is 19.1 Å². The molecule has 0 aliphatic heterocycles. The Hall–Kier alpha value is -1.52. The minimum atomic E-state index is -0.716. The molecule has 6 heteroatoms. The third-order valence-electron chi connectivity index (χ3n) is 1.86. The minimum Gasteiger partial charge on any atom is -0.463 e. The number of benzene rings is 1. The van der Waals surface area contributed by atoms with Crippen LogP contribution in [-0.2, 0) is 14.3 Å². The third kappa shape index (κ3) is 6.27. The molecule has 0 N–H and O–H groups in total. The molecule has 1 aromatic rings.